The van der Waals surface area contributed by atoms with Gasteiger partial charge in [-0.25, -0.2) is 4.98 Å². The Morgan fingerprint density at radius 3 is 3.30 bits per heavy atom. The van der Waals surface area contributed by atoms with Crippen molar-refractivity contribution in [3.05, 3.63) is 18.2 Å². The number of H-pyrrole nitrogens is 1. The predicted molar refractivity (Wildman–Crippen MR) is 41.8 cm³/mol. The third-order valence-corrected chi connectivity index (χ3v) is 2.65. The quantitative estimate of drug-likeness (QED) is 0.628. The van der Waals surface area contributed by atoms with Crippen LogP contribution in [0.5, 0.6) is 0 Å². The SMILES string of the molecule is c1c[nH]c(C2NCCS2)n1. The summed E-state index contributed by atoms with van der Waals surface area (Å²) in [5, 5.41) is 3.73. The highest BCUT2D eigenvalue weighted by Crippen LogP contribution is 2.26. The molecule has 1 unspecified atom stereocenters. The van der Waals surface area contributed by atoms with E-state index in [9.17, 15) is 0 Å². The Hall–Kier alpha value is -0.480. The molecule has 1 fully saturated rings. The Morgan fingerprint density at radius 2 is 2.70 bits per heavy atom. The Balaban J connectivity index is 2.12. The molecule has 54 valence electrons. The van der Waals surface area contributed by atoms with Crippen molar-refractivity contribution >= 4 is 11.8 Å². The number of hydrogen-bond acceptors (Lipinski definition) is 3. The van der Waals surface area contributed by atoms with Gasteiger partial charge in [-0.3, -0.25) is 5.32 Å². The van der Waals surface area contributed by atoms with Crippen LogP contribution in [0.15, 0.2) is 12.4 Å². The van der Waals surface area contributed by atoms with Gasteiger partial charge >= 0.3 is 0 Å². The summed E-state index contributed by atoms with van der Waals surface area (Å²) < 4.78 is 0. The van der Waals surface area contributed by atoms with Gasteiger partial charge in [0.25, 0.3) is 0 Å². The molecule has 3 nitrogen and oxygen atoms in total. The molecule has 1 aromatic heterocycles. The minimum absolute atomic E-state index is 0.398. The molecule has 1 atom stereocenters. The van der Waals surface area contributed by atoms with Crippen LogP contribution in [0.3, 0.4) is 0 Å². The minimum atomic E-state index is 0.398. The molecule has 0 spiro atoms. The molecule has 0 radical (unpaired) electrons. The highest BCUT2D eigenvalue weighted by Gasteiger charge is 2.17. The number of thioether (sulfide) groups is 1. The van der Waals surface area contributed by atoms with E-state index >= 15 is 0 Å². The monoisotopic (exact) mass is 155 g/mol. The highest BCUT2D eigenvalue weighted by molar-refractivity contribution is 7.99. The lowest BCUT2D eigenvalue weighted by molar-refractivity contribution is 0.718. The molecule has 0 bridgehead atoms. The fraction of sp³-hybridized carbons (Fsp3) is 0.500. The Kier molecular flexibility index (Phi) is 1.65. The van der Waals surface area contributed by atoms with E-state index in [0.29, 0.717) is 5.37 Å². The minimum Gasteiger partial charge on any atom is -0.347 e. The second-order valence-electron chi connectivity index (χ2n) is 2.18. The number of rotatable bonds is 1. The molecular formula is C6H9N3S. The molecular weight excluding hydrogens is 146 g/mol. The lowest BCUT2D eigenvalue weighted by Gasteiger charge is -2.03. The van der Waals surface area contributed by atoms with E-state index in [2.05, 4.69) is 15.3 Å². The average molecular weight is 155 g/mol. The molecule has 0 aliphatic carbocycles. The first-order valence-electron chi connectivity index (χ1n) is 3.31. The number of nitrogens with one attached hydrogen (secondary N) is 2. The molecule has 2 heterocycles. The average Bonchev–Trinajstić information content (AvgIpc) is 2.59. The molecule has 2 rings (SSSR count). The normalized spacial score (nSPS) is 25.4. The van der Waals surface area contributed by atoms with Crippen LogP contribution in [0, 0.1) is 0 Å². The number of aromatic nitrogens is 2. The molecule has 10 heavy (non-hydrogen) atoms. The van der Waals surface area contributed by atoms with Crippen molar-refractivity contribution in [1.29, 1.82) is 0 Å². The fourth-order valence-electron chi connectivity index (χ4n) is 1.02. The molecule has 4 heteroatoms. The smallest absolute Gasteiger partial charge is 0.133 e. The van der Waals surface area contributed by atoms with Gasteiger partial charge in [0.05, 0.1) is 0 Å². The molecule has 0 aromatic carbocycles. The van der Waals surface area contributed by atoms with Crippen LogP contribution in [-0.4, -0.2) is 22.3 Å². The van der Waals surface area contributed by atoms with Crippen LogP contribution in [-0.2, 0) is 0 Å². The third-order valence-electron chi connectivity index (χ3n) is 1.48. The maximum atomic E-state index is 4.16. The van der Waals surface area contributed by atoms with Crippen molar-refractivity contribution in [2.75, 3.05) is 12.3 Å². The molecule has 0 amide bonds. The van der Waals surface area contributed by atoms with Gasteiger partial charge < -0.3 is 4.98 Å². The van der Waals surface area contributed by atoms with E-state index in [1.54, 1.807) is 6.20 Å². The van der Waals surface area contributed by atoms with Crippen LogP contribution in [0.4, 0.5) is 0 Å². The fourth-order valence-corrected chi connectivity index (χ4v) is 2.02. The lowest BCUT2D eigenvalue weighted by Crippen LogP contribution is -2.12. The summed E-state index contributed by atoms with van der Waals surface area (Å²) in [5.74, 6) is 2.23. The van der Waals surface area contributed by atoms with Crippen molar-refractivity contribution in [2.45, 2.75) is 5.37 Å². The number of imidazole rings is 1. The maximum absolute atomic E-state index is 4.16. The van der Waals surface area contributed by atoms with Gasteiger partial charge in [-0.1, -0.05) is 0 Å². The number of aromatic amines is 1. The van der Waals surface area contributed by atoms with Gasteiger partial charge in [0.15, 0.2) is 0 Å². The molecule has 1 aliphatic rings. The standard InChI is InChI=1S/C6H9N3S/c1-2-8-5(7-1)6-9-3-4-10-6/h1-2,6,9H,3-4H2,(H,7,8). The van der Waals surface area contributed by atoms with Gasteiger partial charge in [-0.2, -0.15) is 0 Å². The summed E-state index contributed by atoms with van der Waals surface area (Å²) >= 11 is 1.90. The predicted octanol–water partition coefficient (Wildman–Crippen LogP) is 0.745. The second kappa shape index (κ2) is 2.64. The van der Waals surface area contributed by atoms with E-state index in [-0.39, 0.29) is 0 Å². The Labute approximate surface area is 63.6 Å². The highest BCUT2D eigenvalue weighted by atomic mass is 32.2. The molecule has 1 aliphatic heterocycles. The van der Waals surface area contributed by atoms with E-state index in [1.165, 1.54) is 5.75 Å². The lowest BCUT2D eigenvalue weighted by atomic mass is 10.6. The summed E-state index contributed by atoms with van der Waals surface area (Å²) in [4.78, 5) is 7.24. The zero-order valence-corrected chi connectivity index (χ0v) is 6.32. The second-order valence-corrected chi connectivity index (χ2v) is 3.39. The molecule has 2 N–H and O–H groups in total. The van der Waals surface area contributed by atoms with Crippen LogP contribution in [0.1, 0.15) is 11.2 Å². The largest absolute Gasteiger partial charge is 0.347 e. The van der Waals surface area contributed by atoms with E-state index in [1.807, 2.05) is 18.0 Å². The molecule has 0 saturated carbocycles. The van der Waals surface area contributed by atoms with Crippen LogP contribution < -0.4 is 5.32 Å². The Bertz CT molecular complexity index is 191. The van der Waals surface area contributed by atoms with Crippen LogP contribution in [0.25, 0.3) is 0 Å². The number of hydrogen-bond donors (Lipinski definition) is 2. The van der Waals surface area contributed by atoms with E-state index in [0.717, 1.165) is 12.4 Å². The molecule has 1 saturated heterocycles. The van der Waals surface area contributed by atoms with Gasteiger partial charge in [-0.15, -0.1) is 11.8 Å². The first kappa shape index (κ1) is 6.24. The van der Waals surface area contributed by atoms with Gasteiger partial charge in [0.2, 0.25) is 0 Å². The summed E-state index contributed by atoms with van der Waals surface area (Å²) in [6, 6.07) is 0. The summed E-state index contributed by atoms with van der Waals surface area (Å²) in [6.07, 6.45) is 3.64. The maximum Gasteiger partial charge on any atom is 0.133 e. The molecule has 1 aromatic rings. The summed E-state index contributed by atoms with van der Waals surface area (Å²) in [5.41, 5.74) is 0. The topological polar surface area (TPSA) is 40.7 Å². The third kappa shape index (κ3) is 1.04. The van der Waals surface area contributed by atoms with Crippen molar-refractivity contribution in [1.82, 2.24) is 15.3 Å². The Morgan fingerprint density at radius 1 is 1.70 bits per heavy atom. The van der Waals surface area contributed by atoms with Crippen LogP contribution >= 0.6 is 11.8 Å². The van der Waals surface area contributed by atoms with Crippen molar-refractivity contribution < 1.29 is 0 Å². The van der Waals surface area contributed by atoms with Crippen molar-refractivity contribution in [3.8, 4) is 0 Å². The number of nitrogens with zero attached hydrogens (tertiary/aromatic N) is 1. The van der Waals surface area contributed by atoms with Gasteiger partial charge in [0, 0.05) is 24.7 Å². The van der Waals surface area contributed by atoms with E-state index < -0.39 is 0 Å². The van der Waals surface area contributed by atoms with Gasteiger partial charge in [0.1, 0.15) is 11.2 Å². The summed E-state index contributed by atoms with van der Waals surface area (Å²) in [7, 11) is 0. The van der Waals surface area contributed by atoms with Gasteiger partial charge in [-0.05, 0) is 0 Å². The summed E-state index contributed by atoms with van der Waals surface area (Å²) in [6.45, 7) is 1.09. The van der Waals surface area contributed by atoms with Crippen molar-refractivity contribution in [2.24, 2.45) is 0 Å². The van der Waals surface area contributed by atoms with Crippen LogP contribution in [0.2, 0.25) is 0 Å². The zero-order valence-electron chi connectivity index (χ0n) is 5.50. The first-order chi connectivity index (χ1) is 4.97. The first-order valence-corrected chi connectivity index (χ1v) is 4.36. The van der Waals surface area contributed by atoms with E-state index in [4.69, 9.17) is 0 Å². The van der Waals surface area contributed by atoms with Crippen molar-refractivity contribution in [3.63, 3.8) is 0 Å². The zero-order chi connectivity index (χ0) is 6.81.